The molecule has 0 bridgehead atoms. The van der Waals surface area contributed by atoms with Gasteiger partial charge in [-0.3, -0.25) is 0 Å². The Morgan fingerprint density at radius 2 is 1.37 bits per heavy atom. The van der Waals surface area contributed by atoms with E-state index >= 15 is 0 Å². The van der Waals surface area contributed by atoms with Crippen LogP contribution in [-0.4, -0.2) is 45.5 Å². The normalized spacial score (nSPS) is 45.4. The maximum atomic E-state index is 13.2. The van der Waals surface area contributed by atoms with Crippen LogP contribution in [0.15, 0.2) is 0 Å². The van der Waals surface area contributed by atoms with E-state index in [9.17, 15) is 41.7 Å². The molecule has 9 heteroatoms. The molecule has 0 spiro atoms. The highest BCUT2D eigenvalue weighted by atomic mass is 19.4. The van der Waals surface area contributed by atoms with Gasteiger partial charge in [-0.1, -0.05) is 20.8 Å². The van der Waals surface area contributed by atoms with Crippen molar-refractivity contribution in [3.63, 3.8) is 0 Å². The SMILES string of the molecule is CC(CCC(O)(C(F)(F)F)C(F)(F)F)C1CCC2C3C[C@H](O)C4C[C@H](O)CCC4(C)C3CCC12C. The molecule has 4 fully saturated rings. The van der Waals surface area contributed by atoms with E-state index in [1.807, 2.05) is 0 Å². The van der Waals surface area contributed by atoms with Crippen molar-refractivity contribution in [1.29, 1.82) is 0 Å². The summed E-state index contributed by atoms with van der Waals surface area (Å²) in [6, 6.07) is 0. The molecule has 0 heterocycles. The van der Waals surface area contributed by atoms with Crippen molar-refractivity contribution in [1.82, 2.24) is 0 Å². The summed E-state index contributed by atoms with van der Waals surface area (Å²) < 4.78 is 79.1. The lowest BCUT2D eigenvalue weighted by molar-refractivity contribution is -0.370. The van der Waals surface area contributed by atoms with E-state index in [2.05, 4.69) is 13.8 Å². The highest BCUT2D eigenvalue weighted by Crippen LogP contribution is 2.68. The number of hydrogen-bond donors (Lipinski definition) is 3. The maximum Gasteiger partial charge on any atom is 0.426 e. The number of fused-ring (bicyclic) bond motifs is 5. The minimum Gasteiger partial charge on any atom is -0.393 e. The number of aliphatic hydroxyl groups excluding tert-OH is 2. The summed E-state index contributed by atoms with van der Waals surface area (Å²) in [6.07, 6.45) is -7.87. The van der Waals surface area contributed by atoms with Gasteiger partial charge in [0.2, 0.25) is 0 Å². The Balaban J connectivity index is 1.50. The van der Waals surface area contributed by atoms with Crippen LogP contribution in [0.3, 0.4) is 0 Å². The molecule has 4 aliphatic carbocycles. The van der Waals surface area contributed by atoms with Crippen molar-refractivity contribution in [3.05, 3.63) is 0 Å². The highest BCUT2D eigenvalue weighted by molar-refractivity contribution is 5.11. The Morgan fingerprint density at radius 1 is 0.800 bits per heavy atom. The first-order chi connectivity index (χ1) is 16.0. The van der Waals surface area contributed by atoms with Crippen LogP contribution in [0.5, 0.6) is 0 Å². The summed E-state index contributed by atoms with van der Waals surface area (Å²) in [7, 11) is 0. The van der Waals surface area contributed by atoms with Crippen molar-refractivity contribution in [2.24, 2.45) is 46.3 Å². The molecule has 8 unspecified atom stereocenters. The van der Waals surface area contributed by atoms with Gasteiger partial charge in [-0.25, -0.2) is 0 Å². The van der Waals surface area contributed by atoms with Crippen LogP contribution < -0.4 is 0 Å². The second kappa shape index (κ2) is 8.75. The Labute approximate surface area is 203 Å². The monoisotopic (exact) mass is 514 g/mol. The molecular formula is C26H40F6O3. The van der Waals surface area contributed by atoms with Crippen molar-refractivity contribution in [3.8, 4) is 0 Å². The first-order valence-electron chi connectivity index (χ1n) is 13.2. The van der Waals surface area contributed by atoms with Crippen LogP contribution in [0.4, 0.5) is 26.3 Å². The number of hydrogen-bond acceptors (Lipinski definition) is 3. The Kier molecular flexibility index (Phi) is 6.88. The minimum absolute atomic E-state index is 0.0185. The summed E-state index contributed by atoms with van der Waals surface area (Å²) in [5, 5.41) is 30.9. The standard InChI is InChI=1S/C26H40F6O3/c1-14(6-11-24(35,25(27,28)29)26(30,31)32)17-4-5-18-16-13-21(34)20-12-15(33)7-9-23(20,3)19(16)8-10-22(17,18)2/h14-21,33-35H,4-13H2,1-3H3/t14?,15-,16?,17?,18?,19?,20?,21+,22?,23?/m1/s1. The van der Waals surface area contributed by atoms with E-state index in [4.69, 9.17) is 0 Å². The highest BCUT2D eigenvalue weighted by Gasteiger charge is 2.70. The van der Waals surface area contributed by atoms with E-state index < -0.39 is 30.5 Å². The molecule has 0 aromatic heterocycles. The molecule has 0 amide bonds. The largest absolute Gasteiger partial charge is 0.426 e. The van der Waals surface area contributed by atoms with Crippen LogP contribution >= 0.6 is 0 Å². The zero-order chi connectivity index (χ0) is 26.2. The quantitative estimate of drug-likeness (QED) is 0.389. The Bertz CT molecular complexity index is 770. The summed E-state index contributed by atoms with van der Waals surface area (Å²) >= 11 is 0. The van der Waals surface area contributed by atoms with Crippen molar-refractivity contribution >= 4 is 0 Å². The molecule has 3 nitrogen and oxygen atoms in total. The molecule has 204 valence electrons. The second-order valence-corrected chi connectivity index (χ2v) is 12.8. The summed E-state index contributed by atoms with van der Waals surface area (Å²) in [4.78, 5) is 0. The zero-order valence-electron chi connectivity index (χ0n) is 20.8. The average molecular weight is 515 g/mol. The van der Waals surface area contributed by atoms with Gasteiger partial charge in [-0.15, -0.1) is 0 Å². The van der Waals surface area contributed by atoms with Gasteiger partial charge < -0.3 is 15.3 Å². The molecule has 0 aliphatic heterocycles. The molecule has 4 rings (SSSR count). The fraction of sp³-hybridized carbons (Fsp3) is 1.00. The van der Waals surface area contributed by atoms with Crippen LogP contribution in [0.2, 0.25) is 0 Å². The number of alkyl halides is 6. The third-order valence-electron chi connectivity index (χ3n) is 11.3. The number of halogens is 6. The lowest BCUT2D eigenvalue weighted by atomic mass is 9.43. The van der Waals surface area contributed by atoms with Gasteiger partial charge >= 0.3 is 12.4 Å². The van der Waals surface area contributed by atoms with Gasteiger partial charge in [0, 0.05) is 0 Å². The average Bonchev–Trinajstić information content (AvgIpc) is 3.09. The fourth-order valence-electron chi connectivity index (χ4n) is 9.34. The second-order valence-electron chi connectivity index (χ2n) is 12.8. The van der Waals surface area contributed by atoms with Crippen molar-refractivity contribution in [2.45, 2.75) is 115 Å². The Hall–Kier alpha value is -0.540. The summed E-state index contributed by atoms with van der Waals surface area (Å²) in [6.45, 7) is 6.12. The van der Waals surface area contributed by atoms with Crippen LogP contribution in [0.1, 0.15) is 85.0 Å². The third-order valence-corrected chi connectivity index (χ3v) is 11.3. The molecular weight excluding hydrogens is 474 g/mol. The molecule has 3 N–H and O–H groups in total. The first-order valence-corrected chi connectivity index (χ1v) is 13.2. The van der Waals surface area contributed by atoms with E-state index in [-0.39, 0.29) is 52.9 Å². The van der Waals surface area contributed by atoms with E-state index in [1.165, 1.54) is 0 Å². The topological polar surface area (TPSA) is 60.7 Å². The number of rotatable bonds is 4. The van der Waals surface area contributed by atoms with E-state index in [0.29, 0.717) is 18.8 Å². The summed E-state index contributed by atoms with van der Waals surface area (Å²) in [5.74, 6) is 0.623. The van der Waals surface area contributed by atoms with Gasteiger partial charge in [-0.2, -0.15) is 26.3 Å². The predicted octanol–water partition coefficient (Wildman–Crippen LogP) is 6.25. The molecule has 10 atom stereocenters. The first kappa shape index (κ1) is 27.5. The van der Waals surface area contributed by atoms with Crippen molar-refractivity contribution < 1.29 is 41.7 Å². The lowest BCUT2D eigenvalue weighted by Crippen LogP contribution is -2.58. The van der Waals surface area contributed by atoms with E-state index in [0.717, 1.165) is 38.5 Å². The van der Waals surface area contributed by atoms with Gasteiger partial charge in [-0.05, 0) is 111 Å². The lowest BCUT2D eigenvalue weighted by Gasteiger charge is -2.62. The third kappa shape index (κ3) is 4.23. The molecule has 35 heavy (non-hydrogen) atoms. The molecule has 0 radical (unpaired) electrons. The van der Waals surface area contributed by atoms with Gasteiger partial charge in [0.05, 0.1) is 12.2 Å². The Morgan fingerprint density at radius 3 is 1.97 bits per heavy atom. The van der Waals surface area contributed by atoms with Crippen LogP contribution in [-0.2, 0) is 0 Å². The summed E-state index contributed by atoms with van der Waals surface area (Å²) in [5.41, 5.74) is -4.94. The predicted molar refractivity (Wildman–Crippen MR) is 118 cm³/mol. The van der Waals surface area contributed by atoms with Crippen molar-refractivity contribution in [2.75, 3.05) is 0 Å². The molecule has 0 saturated heterocycles. The number of aliphatic hydroxyl groups is 3. The zero-order valence-corrected chi connectivity index (χ0v) is 20.8. The smallest absolute Gasteiger partial charge is 0.393 e. The van der Waals surface area contributed by atoms with Gasteiger partial charge in [0.15, 0.2) is 0 Å². The van der Waals surface area contributed by atoms with Crippen LogP contribution in [0.25, 0.3) is 0 Å². The molecule has 0 aromatic rings. The fourth-order valence-corrected chi connectivity index (χ4v) is 9.34. The maximum absolute atomic E-state index is 13.2. The molecule has 4 aliphatic rings. The van der Waals surface area contributed by atoms with E-state index in [1.54, 1.807) is 6.92 Å². The molecule has 4 saturated carbocycles. The minimum atomic E-state index is -5.77. The van der Waals surface area contributed by atoms with Crippen LogP contribution in [0, 0.1) is 46.3 Å². The van der Waals surface area contributed by atoms with Gasteiger partial charge in [0.1, 0.15) is 0 Å². The molecule has 0 aromatic carbocycles. The van der Waals surface area contributed by atoms with Gasteiger partial charge in [0.25, 0.3) is 5.60 Å².